The van der Waals surface area contributed by atoms with Gasteiger partial charge in [0.1, 0.15) is 0 Å². The molecule has 2 aromatic rings. The molecular formula is C19H26N4OS. The number of carbonyl (C=O) groups is 1. The first-order valence-corrected chi connectivity index (χ1v) is 10.0. The van der Waals surface area contributed by atoms with Gasteiger partial charge in [0.25, 0.3) is 0 Å². The molecule has 0 bridgehead atoms. The topological polar surface area (TPSA) is 50.2 Å². The van der Waals surface area contributed by atoms with E-state index >= 15 is 0 Å². The Balaban J connectivity index is 1.38. The number of rotatable bonds is 5. The van der Waals surface area contributed by atoms with E-state index in [9.17, 15) is 4.79 Å². The molecule has 1 aliphatic carbocycles. The lowest BCUT2D eigenvalue weighted by Crippen LogP contribution is -2.40. The maximum absolute atomic E-state index is 12.8. The lowest BCUT2D eigenvalue weighted by Gasteiger charge is -2.30. The molecule has 1 saturated heterocycles. The third kappa shape index (κ3) is 3.37. The van der Waals surface area contributed by atoms with Crippen molar-refractivity contribution in [2.75, 3.05) is 13.1 Å². The van der Waals surface area contributed by atoms with E-state index < -0.39 is 0 Å². The van der Waals surface area contributed by atoms with E-state index in [1.54, 1.807) is 11.3 Å². The number of aromatic nitrogens is 2. The minimum Gasteiger partial charge on any atom is -0.351 e. The van der Waals surface area contributed by atoms with Crippen molar-refractivity contribution in [3.05, 3.63) is 40.3 Å². The highest BCUT2D eigenvalue weighted by atomic mass is 32.1. The Morgan fingerprint density at radius 3 is 3.12 bits per heavy atom. The van der Waals surface area contributed by atoms with E-state index in [-0.39, 0.29) is 17.2 Å². The molecule has 2 fully saturated rings. The van der Waals surface area contributed by atoms with Crippen LogP contribution in [0.4, 0.5) is 0 Å². The molecule has 1 spiro atoms. The van der Waals surface area contributed by atoms with Crippen LogP contribution in [0, 0.1) is 11.3 Å². The predicted octanol–water partition coefficient (Wildman–Crippen LogP) is 2.79. The summed E-state index contributed by atoms with van der Waals surface area (Å²) >= 11 is 1.70. The fourth-order valence-electron chi connectivity index (χ4n) is 4.65. The van der Waals surface area contributed by atoms with Gasteiger partial charge in [0, 0.05) is 37.1 Å². The van der Waals surface area contributed by atoms with E-state index in [1.807, 2.05) is 24.0 Å². The molecule has 2 aliphatic rings. The van der Waals surface area contributed by atoms with Crippen molar-refractivity contribution < 1.29 is 4.79 Å². The Kier molecular flexibility index (Phi) is 4.65. The summed E-state index contributed by atoms with van der Waals surface area (Å²) in [5, 5.41) is 9.51. The first-order valence-electron chi connectivity index (χ1n) is 9.16. The normalized spacial score (nSPS) is 26.5. The average molecular weight is 359 g/mol. The third-order valence-corrected chi connectivity index (χ3v) is 6.89. The second kappa shape index (κ2) is 6.92. The number of nitrogens with one attached hydrogen (secondary N) is 1. The minimum atomic E-state index is 0.170. The van der Waals surface area contributed by atoms with Gasteiger partial charge in [0.2, 0.25) is 5.91 Å². The molecule has 4 rings (SSSR count). The van der Waals surface area contributed by atoms with Crippen molar-refractivity contribution in [2.24, 2.45) is 18.4 Å². The second-order valence-corrected chi connectivity index (χ2v) is 8.54. The van der Waals surface area contributed by atoms with Crippen molar-refractivity contribution in [3.8, 4) is 0 Å². The molecule has 0 unspecified atom stereocenters. The number of hydrogen-bond acceptors (Lipinski definition) is 4. The Labute approximate surface area is 153 Å². The molecule has 5 nitrogen and oxygen atoms in total. The highest BCUT2D eigenvalue weighted by Crippen LogP contribution is 2.50. The summed E-state index contributed by atoms with van der Waals surface area (Å²) in [5.41, 5.74) is 1.42. The van der Waals surface area contributed by atoms with Crippen molar-refractivity contribution in [1.82, 2.24) is 20.0 Å². The van der Waals surface area contributed by atoms with Crippen molar-refractivity contribution >= 4 is 17.2 Å². The van der Waals surface area contributed by atoms with Crippen LogP contribution >= 0.6 is 11.3 Å². The van der Waals surface area contributed by atoms with Crippen LogP contribution in [0.5, 0.6) is 0 Å². The van der Waals surface area contributed by atoms with E-state index in [4.69, 9.17) is 0 Å². The molecule has 25 heavy (non-hydrogen) atoms. The average Bonchev–Trinajstić information content (AvgIpc) is 3.38. The Bertz CT molecular complexity index is 726. The number of hydrogen-bond donors (Lipinski definition) is 1. The van der Waals surface area contributed by atoms with Crippen LogP contribution in [0.1, 0.15) is 36.3 Å². The van der Waals surface area contributed by atoms with Crippen molar-refractivity contribution in [3.63, 3.8) is 0 Å². The van der Waals surface area contributed by atoms with Crippen molar-refractivity contribution in [1.29, 1.82) is 0 Å². The maximum Gasteiger partial charge on any atom is 0.224 e. The van der Waals surface area contributed by atoms with Crippen LogP contribution < -0.4 is 5.32 Å². The lowest BCUT2D eigenvalue weighted by atomic mass is 9.76. The fraction of sp³-hybridized carbons (Fsp3) is 0.579. The summed E-state index contributed by atoms with van der Waals surface area (Å²) in [6, 6.07) is 6.21. The summed E-state index contributed by atoms with van der Waals surface area (Å²) in [7, 11) is 2.00. The van der Waals surface area contributed by atoms with Crippen LogP contribution in [-0.4, -0.2) is 33.7 Å². The van der Waals surface area contributed by atoms with Crippen LogP contribution in [0.3, 0.4) is 0 Å². The van der Waals surface area contributed by atoms with E-state index in [0.717, 1.165) is 32.5 Å². The van der Waals surface area contributed by atoms with Gasteiger partial charge < -0.3 is 5.32 Å². The molecule has 2 aromatic heterocycles. The van der Waals surface area contributed by atoms with Gasteiger partial charge in [-0.15, -0.1) is 11.3 Å². The van der Waals surface area contributed by atoms with Crippen LogP contribution in [0.15, 0.2) is 29.8 Å². The molecule has 1 amide bonds. The fourth-order valence-corrected chi connectivity index (χ4v) is 5.30. The molecule has 1 saturated carbocycles. The molecule has 6 heteroatoms. The van der Waals surface area contributed by atoms with E-state index in [1.165, 1.54) is 23.4 Å². The molecule has 1 aliphatic heterocycles. The minimum absolute atomic E-state index is 0.170. The number of aryl methyl sites for hydroxylation is 1. The predicted molar refractivity (Wildman–Crippen MR) is 99.0 cm³/mol. The van der Waals surface area contributed by atoms with Gasteiger partial charge in [-0.25, -0.2) is 0 Å². The Morgan fingerprint density at radius 2 is 2.36 bits per heavy atom. The molecule has 2 atom stereocenters. The monoisotopic (exact) mass is 358 g/mol. The number of thiophene rings is 1. The van der Waals surface area contributed by atoms with Gasteiger partial charge in [0.05, 0.1) is 12.2 Å². The standard InChI is InChI=1S/C19H26N4OS/c1-22-15(6-9-21-22)13-23-10-8-19(14-23)7-2-5-17(19)18(24)20-12-16-4-3-11-25-16/h3-4,6,9,11,17H,2,5,7-8,10,12-14H2,1H3,(H,20,24)/t17-,19-/m1/s1. The molecule has 3 heterocycles. The van der Waals surface area contributed by atoms with Gasteiger partial charge in [-0.3, -0.25) is 14.4 Å². The molecule has 1 N–H and O–H groups in total. The second-order valence-electron chi connectivity index (χ2n) is 7.51. The van der Waals surface area contributed by atoms with Crippen LogP contribution in [0.25, 0.3) is 0 Å². The molecular weight excluding hydrogens is 332 g/mol. The Morgan fingerprint density at radius 1 is 1.44 bits per heavy atom. The third-order valence-electron chi connectivity index (χ3n) is 6.01. The Hall–Kier alpha value is -1.66. The summed E-state index contributed by atoms with van der Waals surface area (Å²) in [4.78, 5) is 16.6. The van der Waals surface area contributed by atoms with Gasteiger partial charge in [-0.1, -0.05) is 12.5 Å². The van der Waals surface area contributed by atoms with Gasteiger partial charge in [0.15, 0.2) is 0 Å². The summed E-state index contributed by atoms with van der Waals surface area (Å²) < 4.78 is 1.95. The van der Waals surface area contributed by atoms with E-state index in [0.29, 0.717) is 6.54 Å². The van der Waals surface area contributed by atoms with Crippen molar-refractivity contribution in [2.45, 2.75) is 38.8 Å². The lowest BCUT2D eigenvalue weighted by molar-refractivity contribution is -0.128. The summed E-state index contributed by atoms with van der Waals surface area (Å²) in [5.74, 6) is 0.428. The zero-order chi connectivity index (χ0) is 17.3. The van der Waals surface area contributed by atoms with Gasteiger partial charge in [-0.2, -0.15) is 5.10 Å². The zero-order valence-electron chi connectivity index (χ0n) is 14.8. The number of nitrogens with zero attached hydrogens (tertiary/aromatic N) is 3. The van der Waals surface area contributed by atoms with Gasteiger partial charge >= 0.3 is 0 Å². The van der Waals surface area contributed by atoms with Gasteiger partial charge in [-0.05, 0) is 48.7 Å². The smallest absolute Gasteiger partial charge is 0.224 e. The first-order chi connectivity index (χ1) is 12.2. The maximum atomic E-state index is 12.8. The number of amides is 1. The van der Waals surface area contributed by atoms with E-state index in [2.05, 4.69) is 32.8 Å². The molecule has 0 aromatic carbocycles. The summed E-state index contributed by atoms with van der Waals surface area (Å²) in [6.45, 7) is 3.72. The number of likely N-dealkylation sites (tertiary alicyclic amines) is 1. The number of carbonyl (C=O) groups excluding carboxylic acids is 1. The highest BCUT2D eigenvalue weighted by Gasteiger charge is 2.50. The molecule has 0 radical (unpaired) electrons. The molecule has 134 valence electrons. The quantitative estimate of drug-likeness (QED) is 0.894. The highest BCUT2D eigenvalue weighted by molar-refractivity contribution is 7.09. The summed E-state index contributed by atoms with van der Waals surface area (Å²) in [6.07, 6.45) is 6.40. The van der Waals surface area contributed by atoms with Crippen LogP contribution in [-0.2, 0) is 24.9 Å². The zero-order valence-corrected chi connectivity index (χ0v) is 15.6. The van der Waals surface area contributed by atoms with Crippen LogP contribution in [0.2, 0.25) is 0 Å². The first kappa shape index (κ1) is 16.8. The largest absolute Gasteiger partial charge is 0.351 e. The SMILES string of the molecule is Cn1nccc1CN1CC[C@]2(CCC[C@@H]2C(=O)NCc2cccs2)C1.